The number of carbonyl (C=O) groups is 1. The molecule has 0 saturated heterocycles. The second-order valence-corrected chi connectivity index (χ2v) is 5.67. The summed E-state index contributed by atoms with van der Waals surface area (Å²) >= 11 is 0. The summed E-state index contributed by atoms with van der Waals surface area (Å²) in [7, 11) is 0. The molecule has 116 valence electrons. The molecule has 0 unspecified atom stereocenters. The van der Waals surface area contributed by atoms with Gasteiger partial charge in [-0.25, -0.2) is 0 Å². The first kappa shape index (κ1) is 16.1. The van der Waals surface area contributed by atoms with Crippen LogP contribution < -0.4 is 10.1 Å². The standard InChI is InChI=1S/C19H23NO2/c1-13-10-11-18(14(2)12-13)22-16(4)19(21)20-15(3)17-8-6-5-7-9-17/h5-12,15-16H,1-4H3,(H,20,21)/t15-,16+/m1/s1. The predicted molar refractivity (Wildman–Crippen MR) is 89.0 cm³/mol. The van der Waals surface area contributed by atoms with Crippen molar-refractivity contribution in [1.29, 1.82) is 0 Å². The van der Waals surface area contributed by atoms with Gasteiger partial charge < -0.3 is 10.1 Å². The monoisotopic (exact) mass is 297 g/mol. The highest BCUT2D eigenvalue weighted by atomic mass is 16.5. The molecule has 3 nitrogen and oxygen atoms in total. The smallest absolute Gasteiger partial charge is 0.261 e. The molecule has 0 spiro atoms. The summed E-state index contributed by atoms with van der Waals surface area (Å²) in [6.45, 7) is 7.76. The molecule has 0 fully saturated rings. The van der Waals surface area contributed by atoms with Crippen molar-refractivity contribution in [1.82, 2.24) is 5.32 Å². The summed E-state index contributed by atoms with van der Waals surface area (Å²) in [4.78, 5) is 12.3. The third-order valence-electron chi connectivity index (χ3n) is 3.66. The number of carbonyl (C=O) groups excluding carboxylic acids is 1. The maximum absolute atomic E-state index is 12.3. The van der Waals surface area contributed by atoms with E-state index in [9.17, 15) is 4.79 Å². The molecular formula is C19H23NO2. The number of rotatable bonds is 5. The number of benzene rings is 2. The molecular weight excluding hydrogens is 274 g/mol. The van der Waals surface area contributed by atoms with Crippen LogP contribution in [0.2, 0.25) is 0 Å². The van der Waals surface area contributed by atoms with E-state index in [0.717, 1.165) is 16.9 Å². The molecule has 0 heterocycles. The van der Waals surface area contributed by atoms with Crippen molar-refractivity contribution in [2.75, 3.05) is 0 Å². The number of hydrogen-bond acceptors (Lipinski definition) is 2. The van der Waals surface area contributed by atoms with Crippen molar-refractivity contribution < 1.29 is 9.53 Å². The fourth-order valence-corrected chi connectivity index (χ4v) is 2.33. The molecule has 0 saturated carbocycles. The van der Waals surface area contributed by atoms with Gasteiger partial charge in [-0.05, 0) is 44.9 Å². The van der Waals surface area contributed by atoms with E-state index in [2.05, 4.69) is 5.32 Å². The van der Waals surface area contributed by atoms with E-state index in [1.54, 1.807) is 6.92 Å². The van der Waals surface area contributed by atoms with E-state index in [4.69, 9.17) is 4.74 Å². The lowest BCUT2D eigenvalue weighted by molar-refractivity contribution is -0.127. The zero-order chi connectivity index (χ0) is 16.1. The predicted octanol–water partition coefficient (Wildman–Crippen LogP) is 3.95. The van der Waals surface area contributed by atoms with Gasteiger partial charge in [0.05, 0.1) is 6.04 Å². The molecule has 3 heteroatoms. The molecule has 1 amide bonds. The first-order chi connectivity index (χ1) is 10.5. The number of ether oxygens (including phenoxy) is 1. The van der Waals surface area contributed by atoms with Crippen LogP contribution in [0.3, 0.4) is 0 Å². The van der Waals surface area contributed by atoms with Crippen LogP contribution in [0.5, 0.6) is 5.75 Å². The highest BCUT2D eigenvalue weighted by Gasteiger charge is 2.18. The zero-order valence-corrected chi connectivity index (χ0v) is 13.6. The molecule has 2 aromatic rings. The van der Waals surface area contributed by atoms with Gasteiger partial charge in [0.2, 0.25) is 0 Å². The maximum atomic E-state index is 12.3. The third-order valence-corrected chi connectivity index (χ3v) is 3.66. The van der Waals surface area contributed by atoms with Gasteiger partial charge in [-0.3, -0.25) is 4.79 Å². The van der Waals surface area contributed by atoms with Gasteiger partial charge in [0.25, 0.3) is 5.91 Å². The minimum atomic E-state index is -0.535. The molecule has 2 atom stereocenters. The molecule has 2 rings (SSSR count). The van der Waals surface area contributed by atoms with E-state index in [0.29, 0.717) is 0 Å². The van der Waals surface area contributed by atoms with Crippen LogP contribution in [-0.2, 0) is 4.79 Å². The Morgan fingerprint density at radius 3 is 2.36 bits per heavy atom. The van der Waals surface area contributed by atoms with E-state index < -0.39 is 6.10 Å². The van der Waals surface area contributed by atoms with Gasteiger partial charge in [-0.2, -0.15) is 0 Å². The van der Waals surface area contributed by atoms with Gasteiger partial charge >= 0.3 is 0 Å². The topological polar surface area (TPSA) is 38.3 Å². The molecule has 22 heavy (non-hydrogen) atoms. The summed E-state index contributed by atoms with van der Waals surface area (Å²) in [5.74, 6) is 0.636. The summed E-state index contributed by atoms with van der Waals surface area (Å²) < 4.78 is 5.79. The summed E-state index contributed by atoms with van der Waals surface area (Å²) in [5.41, 5.74) is 3.30. The van der Waals surface area contributed by atoms with E-state index >= 15 is 0 Å². The molecule has 2 aromatic carbocycles. The van der Waals surface area contributed by atoms with Gasteiger partial charge in [0.1, 0.15) is 5.75 Å². The second-order valence-electron chi connectivity index (χ2n) is 5.67. The Kier molecular flexibility index (Phi) is 5.21. The summed E-state index contributed by atoms with van der Waals surface area (Å²) in [6.07, 6.45) is -0.535. The van der Waals surface area contributed by atoms with E-state index in [1.807, 2.05) is 69.3 Å². The van der Waals surface area contributed by atoms with E-state index in [-0.39, 0.29) is 11.9 Å². The van der Waals surface area contributed by atoms with Crippen LogP contribution in [-0.4, -0.2) is 12.0 Å². The van der Waals surface area contributed by atoms with Crippen LogP contribution in [0.1, 0.15) is 36.6 Å². The molecule has 0 aromatic heterocycles. The van der Waals surface area contributed by atoms with Crippen molar-refractivity contribution in [2.45, 2.75) is 39.8 Å². The quantitative estimate of drug-likeness (QED) is 0.907. The molecule has 0 bridgehead atoms. The lowest BCUT2D eigenvalue weighted by atomic mass is 10.1. The lowest BCUT2D eigenvalue weighted by Gasteiger charge is -2.20. The first-order valence-electron chi connectivity index (χ1n) is 7.56. The fraction of sp³-hybridized carbons (Fsp3) is 0.316. The zero-order valence-electron chi connectivity index (χ0n) is 13.6. The Bertz CT molecular complexity index is 637. The highest BCUT2D eigenvalue weighted by Crippen LogP contribution is 2.20. The van der Waals surface area contributed by atoms with Gasteiger partial charge in [0, 0.05) is 0 Å². The average molecular weight is 297 g/mol. The number of nitrogens with one attached hydrogen (secondary N) is 1. The van der Waals surface area contributed by atoms with E-state index in [1.165, 1.54) is 5.56 Å². The molecule has 0 aliphatic rings. The van der Waals surface area contributed by atoms with Gasteiger partial charge in [0.15, 0.2) is 6.10 Å². The summed E-state index contributed by atoms with van der Waals surface area (Å²) in [5, 5.41) is 2.98. The van der Waals surface area contributed by atoms with Crippen LogP contribution in [0.4, 0.5) is 0 Å². The van der Waals surface area contributed by atoms with Crippen molar-refractivity contribution in [3.8, 4) is 5.75 Å². The Labute approximate surface area is 132 Å². The van der Waals surface area contributed by atoms with Crippen molar-refractivity contribution in [3.63, 3.8) is 0 Å². The van der Waals surface area contributed by atoms with Crippen molar-refractivity contribution in [3.05, 3.63) is 65.2 Å². The minimum Gasteiger partial charge on any atom is -0.481 e. The maximum Gasteiger partial charge on any atom is 0.261 e. The first-order valence-corrected chi connectivity index (χ1v) is 7.56. The Morgan fingerprint density at radius 2 is 1.73 bits per heavy atom. The third kappa shape index (κ3) is 4.10. The van der Waals surface area contributed by atoms with Crippen LogP contribution >= 0.6 is 0 Å². The van der Waals surface area contributed by atoms with Gasteiger partial charge in [-0.15, -0.1) is 0 Å². The number of amides is 1. The highest BCUT2D eigenvalue weighted by molar-refractivity contribution is 5.81. The second kappa shape index (κ2) is 7.12. The Morgan fingerprint density at radius 1 is 1.05 bits per heavy atom. The Balaban J connectivity index is 1.97. The minimum absolute atomic E-state index is 0.0427. The molecule has 0 radical (unpaired) electrons. The fourth-order valence-electron chi connectivity index (χ4n) is 2.33. The van der Waals surface area contributed by atoms with Crippen LogP contribution in [0, 0.1) is 13.8 Å². The number of aryl methyl sites for hydroxylation is 2. The molecule has 1 N–H and O–H groups in total. The van der Waals surface area contributed by atoms with Crippen molar-refractivity contribution >= 4 is 5.91 Å². The van der Waals surface area contributed by atoms with Crippen molar-refractivity contribution in [2.24, 2.45) is 0 Å². The SMILES string of the molecule is Cc1ccc(O[C@@H](C)C(=O)N[C@H](C)c2ccccc2)c(C)c1. The Hall–Kier alpha value is -2.29. The summed E-state index contributed by atoms with van der Waals surface area (Å²) in [6, 6.07) is 15.8. The van der Waals surface area contributed by atoms with Crippen LogP contribution in [0.25, 0.3) is 0 Å². The normalized spacial score (nSPS) is 13.3. The molecule has 0 aliphatic heterocycles. The molecule has 0 aliphatic carbocycles. The largest absolute Gasteiger partial charge is 0.481 e. The lowest BCUT2D eigenvalue weighted by Crippen LogP contribution is -2.37. The van der Waals surface area contributed by atoms with Gasteiger partial charge in [-0.1, -0.05) is 48.0 Å². The number of hydrogen-bond donors (Lipinski definition) is 1. The average Bonchev–Trinajstić information content (AvgIpc) is 2.50. The van der Waals surface area contributed by atoms with Crippen LogP contribution in [0.15, 0.2) is 48.5 Å².